The maximum absolute atomic E-state index is 9.48. The van der Waals surface area contributed by atoms with Gasteiger partial charge in [0.25, 0.3) is 0 Å². The van der Waals surface area contributed by atoms with Crippen molar-refractivity contribution in [2.24, 2.45) is 10.9 Å². The zero-order valence-electron chi connectivity index (χ0n) is 12.2. The van der Waals surface area contributed by atoms with Crippen LogP contribution in [-0.4, -0.2) is 29.9 Å². The topological polar surface area (TPSA) is 51.4 Å². The summed E-state index contributed by atoms with van der Waals surface area (Å²) in [6.07, 6.45) is 5.12. The molecular formula is C13H21N4PS2. The minimum absolute atomic E-state index is 0.618. The van der Waals surface area contributed by atoms with E-state index in [-0.39, 0.29) is 0 Å². The van der Waals surface area contributed by atoms with Gasteiger partial charge in [-0.3, -0.25) is 4.99 Å². The molecule has 0 radical (unpaired) electrons. The Hall–Kier alpha value is -0.500. The average Bonchev–Trinajstić information content (AvgIpc) is 2.89. The summed E-state index contributed by atoms with van der Waals surface area (Å²) < 4.78 is 2.26. The predicted octanol–water partition coefficient (Wildman–Crippen LogP) is 3.50. The molecule has 20 heavy (non-hydrogen) atoms. The lowest BCUT2D eigenvalue weighted by atomic mass is 10.1. The van der Waals surface area contributed by atoms with E-state index in [0.717, 1.165) is 43.9 Å². The van der Waals surface area contributed by atoms with Crippen LogP contribution in [0.1, 0.15) is 33.1 Å². The van der Waals surface area contributed by atoms with Crippen LogP contribution in [0.2, 0.25) is 0 Å². The molecule has 110 valence electrons. The van der Waals surface area contributed by atoms with Gasteiger partial charge < -0.3 is 9.76 Å². The lowest BCUT2D eigenvalue weighted by molar-refractivity contribution is 0.595. The van der Waals surface area contributed by atoms with Gasteiger partial charge in [0.15, 0.2) is 5.54 Å². The molecule has 1 fully saturated rings. The number of nitrogens with zero attached hydrogens (tertiary/aromatic N) is 3. The molecular weight excluding hydrogens is 307 g/mol. The summed E-state index contributed by atoms with van der Waals surface area (Å²) in [6, 6.07) is 2.33. The summed E-state index contributed by atoms with van der Waals surface area (Å²) in [5.41, 5.74) is -0.0483. The number of fused-ring (bicyclic) bond motifs is 1. The Morgan fingerprint density at radius 2 is 2.35 bits per heavy atom. The zero-order valence-corrected chi connectivity index (χ0v) is 14.7. The lowest BCUT2D eigenvalue weighted by Crippen LogP contribution is -2.35. The molecule has 2 rings (SSSR count). The van der Waals surface area contributed by atoms with E-state index >= 15 is 0 Å². The van der Waals surface area contributed by atoms with Crippen LogP contribution >= 0.6 is 16.9 Å². The molecule has 0 spiro atoms. The normalized spacial score (nSPS) is 27.8. The summed E-state index contributed by atoms with van der Waals surface area (Å²) in [7, 11) is 0. The van der Waals surface area contributed by atoms with E-state index < -0.39 is 5.54 Å². The fraction of sp³-hybridized carbons (Fsp3) is 0.692. The number of aliphatic imine (C=N–C) groups is 1. The van der Waals surface area contributed by atoms with E-state index in [4.69, 9.17) is 11.8 Å². The maximum atomic E-state index is 9.48. The van der Waals surface area contributed by atoms with Crippen molar-refractivity contribution in [3.05, 3.63) is 11.3 Å². The van der Waals surface area contributed by atoms with Gasteiger partial charge in [0, 0.05) is 18.8 Å². The monoisotopic (exact) mass is 328 g/mol. The van der Waals surface area contributed by atoms with Gasteiger partial charge in [0.2, 0.25) is 0 Å². The summed E-state index contributed by atoms with van der Waals surface area (Å²) in [5.74, 6) is 1.35. The molecule has 1 N–H and O–H groups in total. The second-order valence-electron chi connectivity index (χ2n) is 5.39. The third kappa shape index (κ3) is 3.05. The first-order valence-electron chi connectivity index (χ1n) is 6.92. The van der Waals surface area contributed by atoms with Gasteiger partial charge in [-0.2, -0.15) is 5.26 Å². The average molecular weight is 328 g/mol. The highest BCUT2D eigenvalue weighted by Crippen LogP contribution is 2.62. The van der Waals surface area contributed by atoms with E-state index in [1.807, 2.05) is 6.26 Å². The third-order valence-electron chi connectivity index (χ3n) is 3.52. The highest BCUT2D eigenvalue weighted by atomic mass is 32.9. The van der Waals surface area contributed by atoms with Crippen LogP contribution in [0.3, 0.4) is 0 Å². The number of rotatable bonds is 4. The highest BCUT2D eigenvalue weighted by Gasteiger charge is 2.38. The minimum atomic E-state index is -1.88. The standard InChI is InChI=1S/C13H21N4PS2/c1-10(2)6-7-15-13-11(9-14)12-5-4-8-17(12)18(19,16-13)20-3/h10H,4-8H2,1-3H3,(H,15,16,19). The molecule has 0 aromatic rings. The Bertz CT molecular complexity index is 533. The van der Waals surface area contributed by atoms with E-state index in [1.165, 1.54) is 0 Å². The molecule has 0 saturated carbocycles. The molecule has 2 heterocycles. The number of nitrogens with one attached hydrogen (secondary N) is 1. The van der Waals surface area contributed by atoms with Crippen molar-refractivity contribution >= 4 is 34.6 Å². The molecule has 0 bridgehead atoms. The zero-order chi connectivity index (χ0) is 14.8. The van der Waals surface area contributed by atoms with Crippen molar-refractivity contribution in [2.75, 3.05) is 19.3 Å². The Kier molecular flexibility index (Phi) is 5.17. The Morgan fingerprint density at radius 1 is 1.60 bits per heavy atom. The van der Waals surface area contributed by atoms with Crippen molar-refractivity contribution in [1.29, 1.82) is 5.26 Å². The molecule has 2 aliphatic heterocycles. The third-order valence-corrected chi connectivity index (χ3v) is 10.1. The summed E-state index contributed by atoms with van der Waals surface area (Å²) in [5, 5.41) is 12.9. The molecule has 1 saturated heterocycles. The first-order chi connectivity index (χ1) is 9.51. The number of nitriles is 1. The summed E-state index contributed by atoms with van der Waals surface area (Å²) in [6.45, 7) is 6.08. The van der Waals surface area contributed by atoms with Crippen LogP contribution in [0, 0.1) is 17.2 Å². The molecule has 0 aromatic carbocycles. The fourth-order valence-electron chi connectivity index (χ4n) is 2.40. The van der Waals surface area contributed by atoms with Crippen molar-refractivity contribution in [3.63, 3.8) is 0 Å². The Balaban J connectivity index is 2.35. The number of hydrogen-bond donors (Lipinski definition) is 1. The van der Waals surface area contributed by atoms with E-state index in [1.54, 1.807) is 11.4 Å². The number of hydrogen-bond acceptors (Lipinski definition) is 4. The van der Waals surface area contributed by atoms with Crippen LogP contribution in [0.25, 0.3) is 0 Å². The van der Waals surface area contributed by atoms with E-state index in [2.05, 4.69) is 34.7 Å². The summed E-state index contributed by atoms with van der Waals surface area (Å²) in [4.78, 5) is 4.63. The Morgan fingerprint density at radius 3 is 2.95 bits per heavy atom. The van der Waals surface area contributed by atoms with Crippen LogP contribution in [0.4, 0.5) is 0 Å². The quantitative estimate of drug-likeness (QED) is 0.801. The van der Waals surface area contributed by atoms with Gasteiger partial charge in [-0.15, -0.1) is 0 Å². The SMILES string of the molecule is CSP1(=S)NC(=NCCC(C)C)C(C#N)=C2CCCN21. The minimum Gasteiger partial charge on any atom is -0.323 e. The second-order valence-corrected chi connectivity index (χ2v) is 12.5. The molecule has 1 unspecified atom stereocenters. The van der Waals surface area contributed by atoms with Gasteiger partial charge in [-0.05, 0) is 43.2 Å². The maximum Gasteiger partial charge on any atom is 0.178 e. The van der Waals surface area contributed by atoms with Crippen molar-refractivity contribution < 1.29 is 0 Å². The first kappa shape index (κ1) is 15.9. The van der Waals surface area contributed by atoms with Crippen LogP contribution in [-0.2, 0) is 11.8 Å². The molecule has 0 aromatic heterocycles. The fourth-order valence-corrected chi connectivity index (χ4v) is 6.65. The molecule has 0 amide bonds. The van der Waals surface area contributed by atoms with Crippen molar-refractivity contribution in [3.8, 4) is 6.07 Å². The van der Waals surface area contributed by atoms with Crippen LogP contribution < -0.4 is 5.09 Å². The highest BCUT2D eigenvalue weighted by molar-refractivity contribution is 8.69. The predicted molar refractivity (Wildman–Crippen MR) is 91.3 cm³/mol. The van der Waals surface area contributed by atoms with Gasteiger partial charge in [0.1, 0.15) is 17.5 Å². The second kappa shape index (κ2) is 6.51. The lowest BCUT2D eigenvalue weighted by Gasteiger charge is -2.38. The molecule has 4 nitrogen and oxygen atoms in total. The van der Waals surface area contributed by atoms with Crippen molar-refractivity contribution in [1.82, 2.24) is 9.76 Å². The number of allylic oxidation sites excluding steroid dienone is 1. The van der Waals surface area contributed by atoms with E-state index in [9.17, 15) is 5.26 Å². The van der Waals surface area contributed by atoms with E-state index in [0.29, 0.717) is 11.5 Å². The smallest absolute Gasteiger partial charge is 0.178 e. The van der Waals surface area contributed by atoms with Gasteiger partial charge in [0.05, 0.1) is 0 Å². The van der Waals surface area contributed by atoms with Gasteiger partial charge >= 0.3 is 0 Å². The Labute approximate surface area is 130 Å². The van der Waals surface area contributed by atoms with Gasteiger partial charge in [-0.1, -0.05) is 25.2 Å². The van der Waals surface area contributed by atoms with Crippen LogP contribution in [0.15, 0.2) is 16.3 Å². The molecule has 0 aliphatic carbocycles. The number of amidine groups is 1. The largest absolute Gasteiger partial charge is 0.323 e. The summed E-state index contributed by atoms with van der Waals surface area (Å²) >= 11 is 7.53. The van der Waals surface area contributed by atoms with Crippen LogP contribution in [0.5, 0.6) is 0 Å². The molecule has 1 atom stereocenters. The van der Waals surface area contributed by atoms with Crippen molar-refractivity contribution in [2.45, 2.75) is 33.1 Å². The van der Waals surface area contributed by atoms with Gasteiger partial charge in [-0.25, -0.2) is 0 Å². The molecule has 7 heteroatoms. The first-order valence-corrected chi connectivity index (χ1v) is 11.5. The molecule has 2 aliphatic rings.